The molecule has 10 nitrogen and oxygen atoms in total. The van der Waals surface area contributed by atoms with Crippen LogP contribution >= 0.6 is 0 Å². The lowest BCUT2D eigenvalue weighted by Gasteiger charge is -2.28. The average molecular weight is 546 g/mol. The predicted molar refractivity (Wildman–Crippen MR) is 145 cm³/mol. The van der Waals surface area contributed by atoms with E-state index in [1.165, 1.54) is 6.07 Å². The molecule has 0 bridgehead atoms. The topological polar surface area (TPSA) is 124 Å². The van der Waals surface area contributed by atoms with Crippen molar-refractivity contribution in [3.8, 4) is 11.4 Å². The molecule has 0 aliphatic carbocycles. The van der Waals surface area contributed by atoms with Gasteiger partial charge in [0.15, 0.2) is 9.84 Å². The Bertz CT molecular complexity index is 1650. The number of sulfone groups is 1. The number of nitrogens with one attached hydrogen (secondary N) is 1. The Labute approximate surface area is 225 Å². The zero-order valence-electron chi connectivity index (χ0n) is 21.2. The number of carbonyl (C=O) groups excluding carboxylic acids is 1. The molecule has 2 aliphatic rings. The van der Waals surface area contributed by atoms with Crippen LogP contribution < -0.4 is 10.2 Å². The molecule has 0 unspecified atom stereocenters. The largest absolute Gasteiger partial charge is 0.378 e. The second kappa shape index (κ2) is 10.7. The molecular weight excluding hydrogens is 518 g/mol. The van der Waals surface area contributed by atoms with E-state index in [0.717, 1.165) is 41.2 Å². The number of fused-ring (bicyclic) bond motifs is 2. The van der Waals surface area contributed by atoms with E-state index in [9.17, 15) is 13.2 Å². The van der Waals surface area contributed by atoms with Gasteiger partial charge >= 0.3 is 0 Å². The molecule has 4 aromatic rings. The van der Waals surface area contributed by atoms with Gasteiger partial charge in [-0.1, -0.05) is 12.1 Å². The van der Waals surface area contributed by atoms with Crippen molar-refractivity contribution in [2.24, 2.45) is 0 Å². The summed E-state index contributed by atoms with van der Waals surface area (Å²) in [5.74, 6) is 0.411. The quantitative estimate of drug-likeness (QED) is 0.403. The Balaban J connectivity index is 1.19. The van der Waals surface area contributed by atoms with Crippen molar-refractivity contribution in [3.05, 3.63) is 77.6 Å². The van der Waals surface area contributed by atoms with Crippen LogP contribution in [0.15, 0.2) is 65.7 Å². The van der Waals surface area contributed by atoms with Crippen molar-refractivity contribution >= 4 is 32.5 Å². The number of benzene rings is 1. The van der Waals surface area contributed by atoms with E-state index in [0.29, 0.717) is 24.5 Å². The fraction of sp³-hybridized carbons (Fsp3) is 0.286. The van der Waals surface area contributed by atoms with E-state index in [1.54, 1.807) is 18.3 Å². The number of hydrogen-bond donors (Lipinski definition) is 1. The Morgan fingerprint density at radius 3 is 2.67 bits per heavy atom. The summed E-state index contributed by atoms with van der Waals surface area (Å²) in [6, 6.07) is 16.3. The fourth-order valence-corrected chi connectivity index (χ4v) is 6.06. The maximum Gasteiger partial charge on any atom is 0.251 e. The normalized spacial score (nSPS) is 16.9. The molecule has 0 saturated carbocycles. The van der Waals surface area contributed by atoms with Gasteiger partial charge in [-0.2, -0.15) is 0 Å². The van der Waals surface area contributed by atoms with E-state index >= 15 is 0 Å². The lowest BCUT2D eigenvalue weighted by molar-refractivity contribution is 0.0950. The van der Waals surface area contributed by atoms with Gasteiger partial charge in [-0.25, -0.2) is 18.4 Å². The first kappa shape index (κ1) is 25.4. The number of morpholine rings is 1. The van der Waals surface area contributed by atoms with Crippen LogP contribution in [0, 0.1) is 0 Å². The fourth-order valence-electron chi connectivity index (χ4n) is 4.67. The Morgan fingerprint density at radius 1 is 0.949 bits per heavy atom. The second-order valence-electron chi connectivity index (χ2n) is 9.42. The number of hydrogen-bond acceptors (Lipinski definition) is 9. The van der Waals surface area contributed by atoms with E-state index in [-0.39, 0.29) is 41.9 Å². The first-order valence-electron chi connectivity index (χ1n) is 12.7. The van der Waals surface area contributed by atoms with Crippen LogP contribution in [0.4, 0.5) is 5.82 Å². The summed E-state index contributed by atoms with van der Waals surface area (Å²) < 4.78 is 35.9. The number of rotatable bonds is 5. The molecule has 6 rings (SSSR count). The number of aromatic nitrogens is 3. The summed E-state index contributed by atoms with van der Waals surface area (Å²) in [6.45, 7) is 3.49. The smallest absolute Gasteiger partial charge is 0.251 e. The minimum Gasteiger partial charge on any atom is -0.378 e. The molecule has 5 heterocycles. The molecule has 200 valence electrons. The van der Waals surface area contributed by atoms with Crippen molar-refractivity contribution in [2.45, 2.75) is 18.0 Å². The highest BCUT2D eigenvalue weighted by Gasteiger charge is 2.23. The number of amides is 1. The van der Waals surface area contributed by atoms with Crippen molar-refractivity contribution < 1.29 is 22.7 Å². The summed E-state index contributed by atoms with van der Waals surface area (Å²) >= 11 is 0. The van der Waals surface area contributed by atoms with E-state index in [4.69, 9.17) is 19.4 Å². The summed E-state index contributed by atoms with van der Waals surface area (Å²) in [6.07, 6.45) is 1.72. The molecule has 1 amide bonds. The van der Waals surface area contributed by atoms with Crippen LogP contribution in [0.2, 0.25) is 0 Å². The molecule has 1 N–H and O–H groups in total. The van der Waals surface area contributed by atoms with E-state index < -0.39 is 9.84 Å². The summed E-state index contributed by atoms with van der Waals surface area (Å²) in [4.78, 5) is 29.3. The third kappa shape index (κ3) is 5.47. The predicted octanol–water partition coefficient (Wildman–Crippen LogP) is 2.76. The van der Waals surface area contributed by atoms with Gasteiger partial charge in [0, 0.05) is 30.2 Å². The monoisotopic (exact) mass is 545 g/mol. The van der Waals surface area contributed by atoms with Gasteiger partial charge in [-0.15, -0.1) is 0 Å². The summed E-state index contributed by atoms with van der Waals surface area (Å²) in [7, 11) is -3.50. The number of pyridine rings is 3. The van der Waals surface area contributed by atoms with Gasteiger partial charge in [0.25, 0.3) is 5.91 Å². The molecular formula is C28H27N5O5S. The van der Waals surface area contributed by atoms with Crippen molar-refractivity contribution in [1.82, 2.24) is 20.3 Å². The van der Waals surface area contributed by atoms with Crippen LogP contribution in [0.3, 0.4) is 0 Å². The average Bonchev–Trinajstić information content (AvgIpc) is 3.13. The molecule has 39 heavy (non-hydrogen) atoms. The van der Waals surface area contributed by atoms with Gasteiger partial charge in [0.2, 0.25) is 0 Å². The zero-order valence-corrected chi connectivity index (χ0v) is 22.0. The molecule has 1 aromatic carbocycles. The van der Waals surface area contributed by atoms with Crippen molar-refractivity contribution in [2.75, 3.05) is 43.6 Å². The lowest BCUT2D eigenvalue weighted by Crippen LogP contribution is -2.36. The minimum atomic E-state index is -3.50. The highest BCUT2D eigenvalue weighted by atomic mass is 32.2. The maximum absolute atomic E-state index is 12.9. The summed E-state index contributed by atoms with van der Waals surface area (Å²) in [5, 5.41) is 3.71. The van der Waals surface area contributed by atoms with E-state index in [2.05, 4.69) is 15.2 Å². The van der Waals surface area contributed by atoms with Crippen LogP contribution in [0.1, 0.15) is 21.6 Å². The van der Waals surface area contributed by atoms with Crippen LogP contribution in [-0.2, 0) is 32.5 Å². The van der Waals surface area contributed by atoms with Crippen LogP contribution in [0.25, 0.3) is 22.3 Å². The molecule has 0 spiro atoms. The van der Waals surface area contributed by atoms with Gasteiger partial charge in [0.1, 0.15) is 5.82 Å². The molecule has 2 aliphatic heterocycles. The first-order valence-corrected chi connectivity index (χ1v) is 14.4. The highest BCUT2D eigenvalue weighted by molar-refractivity contribution is 7.91. The van der Waals surface area contributed by atoms with E-state index in [1.807, 2.05) is 36.4 Å². The molecule has 11 heteroatoms. The third-order valence-electron chi connectivity index (χ3n) is 6.81. The number of ether oxygens (including phenoxy) is 2. The standard InChI is InChI=1S/C28H27N5O5S/c34-28(19-4-5-21-18-38-12-13-39(35,36)26(21)14-19)30-17-22-15-25-20(16-29-22)6-7-24(31-25)23-2-1-3-27(32-23)33-8-10-37-11-9-33/h1-7,14-16H,8-13,17-18H2,(H,30,34). The molecule has 1 saturated heterocycles. The second-order valence-corrected chi connectivity index (χ2v) is 11.5. The van der Waals surface area contributed by atoms with Crippen molar-refractivity contribution in [3.63, 3.8) is 0 Å². The number of nitrogens with zero attached hydrogens (tertiary/aromatic N) is 4. The zero-order chi connectivity index (χ0) is 26.8. The van der Waals surface area contributed by atoms with Crippen LogP contribution in [-0.4, -0.2) is 67.9 Å². The van der Waals surface area contributed by atoms with Gasteiger partial charge in [-0.05, 0) is 48.0 Å². The Morgan fingerprint density at radius 2 is 1.79 bits per heavy atom. The van der Waals surface area contributed by atoms with Gasteiger partial charge < -0.3 is 19.7 Å². The maximum atomic E-state index is 12.9. The van der Waals surface area contributed by atoms with Gasteiger partial charge in [0.05, 0.1) is 66.2 Å². The molecule has 1 fully saturated rings. The van der Waals surface area contributed by atoms with Crippen molar-refractivity contribution in [1.29, 1.82) is 0 Å². The number of carbonyl (C=O) groups is 1. The van der Waals surface area contributed by atoms with Crippen LogP contribution in [0.5, 0.6) is 0 Å². The SMILES string of the molecule is O=C(NCc1cc2nc(-c3cccc(N4CCOCC4)n3)ccc2cn1)c1ccc2c(c1)S(=O)(=O)CCOC2. The minimum absolute atomic E-state index is 0.103. The third-order valence-corrected chi connectivity index (χ3v) is 8.56. The summed E-state index contributed by atoms with van der Waals surface area (Å²) in [5.41, 5.74) is 3.72. The molecule has 0 atom stereocenters. The molecule has 3 aromatic heterocycles. The Kier molecular flexibility index (Phi) is 6.94. The van der Waals surface area contributed by atoms with Gasteiger partial charge in [-0.3, -0.25) is 9.78 Å². The first-order chi connectivity index (χ1) is 19.0. The molecule has 0 radical (unpaired) electrons. The lowest BCUT2D eigenvalue weighted by atomic mass is 10.1. The number of anilines is 1. The highest BCUT2D eigenvalue weighted by Crippen LogP contribution is 2.24. The Hall–Kier alpha value is -3.93.